The smallest absolute Gasteiger partial charge is 0.315 e. The molecule has 28 atom stereocenters. The Bertz CT molecular complexity index is 2080. The summed E-state index contributed by atoms with van der Waals surface area (Å²) >= 11 is 0. The summed E-state index contributed by atoms with van der Waals surface area (Å²) in [7, 11) is 0. The first-order valence-corrected chi connectivity index (χ1v) is 27.4. The Morgan fingerprint density at radius 3 is 1.66 bits per heavy atom. The van der Waals surface area contributed by atoms with Crippen LogP contribution in [-0.2, 0) is 42.7 Å². The lowest BCUT2D eigenvalue weighted by Crippen LogP contribution is -2.67. The van der Waals surface area contributed by atoms with E-state index in [9.17, 15) is 76.3 Å². The predicted octanol–water partition coefficient (Wildman–Crippen LogP) is -2.42. The van der Waals surface area contributed by atoms with Crippen LogP contribution in [0.4, 0.5) is 0 Å². The van der Waals surface area contributed by atoms with Crippen LogP contribution in [0, 0.1) is 50.2 Å². The summed E-state index contributed by atoms with van der Waals surface area (Å²) in [6.45, 7) is 10.4. The number of carbonyl (C=O) groups excluding carboxylic acids is 1. The van der Waals surface area contributed by atoms with Gasteiger partial charge < -0.3 is 109 Å². The first-order chi connectivity index (χ1) is 35.7. The van der Waals surface area contributed by atoms with Crippen LogP contribution in [0.1, 0.15) is 106 Å². The predicted molar refractivity (Wildman–Crippen MR) is 258 cm³/mol. The summed E-state index contributed by atoms with van der Waals surface area (Å²) in [5, 5.41) is 149. The third-order valence-corrected chi connectivity index (χ3v) is 21.2. The van der Waals surface area contributed by atoms with Gasteiger partial charge in [0.05, 0.1) is 44.6 Å². The molecule has 0 aromatic carbocycles. The maximum atomic E-state index is 14.8. The highest BCUT2D eigenvalue weighted by molar-refractivity contribution is 5.79. The average Bonchev–Trinajstić information content (AvgIpc) is 3.39. The number of rotatable bonds is 12. The Balaban J connectivity index is 0.990. The van der Waals surface area contributed by atoms with Gasteiger partial charge in [-0.2, -0.15) is 0 Å². The van der Waals surface area contributed by atoms with Gasteiger partial charge in [-0.1, -0.05) is 53.2 Å². The Labute approximate surface area is 442 Å². The van der Waals surface area contributed by atoms with Gasteiger partial charge in [0.1, 0.15) is 91.6 Å². The number of carbonyl (C=O) groups is 1. The topological polar surface area (TPSA) is 374 Å². The molecule has 4 saturated heterocycles. The molecule has 23 nitrogen and oxygen atoms in total. The third-order valence-electron chi connectivity index (χ3n) is 21.2. The third kappa shape index (κ3) is 9.46. The van der Waals surface area contributed by atoms with Gasteiger partial charge in [-0.25, -0.2) is 0 Å². The molecule has 9 rings (SSSR count). The molecule has 14 N–H and O–H groups in total. The molecule has 4 heterocycles. The molecule has 4 aliphatic heterocycles. The van der Waals surface area contributed by atoms with Crippen molar-refractivity contribution in [1.29, 1.82) is 0 Å². The second-order valence-electron chi connectivity index (χ2n) is 25.7. The van der Waals surface area contributed by atoms with E-state index in [1.807, 2.05) is 6.92 Å². The zero-order chi connectivity index (χ0) is 55.4. The normalized spacial score (nSPS) is 54.3. The van der Waals surface area contributed by atoms with Crippen LogP contribution < -0.4 is 0 Å². The van der Waals surface area contributed by atoms with Crippen molar-refractivity contribution in [3.63, 3.8) is 0 Å². The number of allylic oxidation sites excluding steroid dienone is 2. The van der Waals surface area contributed by atoms with E-state index in [1.54, 1.807) is 0 Å². The fourth-order valence-electron chi connectivity index (χ4n) is 16.2. The number of esters is 1. The van der Waals surface area contributed by atoms with Crippen LogP contribution in [0.3, 0.4) is 0 Å². The maximum absolute atomic E-state index is 14.8. The summed E-state index contributed by atoms with van der Waals surface area (Å²) < 4.78 is 48.5. The summed E-state index contributed by atoms with van der Waals surface area (Å²) in [5.41, 5.74) is -1.85. The fourth-order valence-corrected chi connectivity index (χ4v) is 16.2. The van der Waals surface area contributed by atoms with E-state index >= 15 is 0 Å². The molecule has 0 bridgehead atoms. The van der Waals surface area contributed by atoms with E-state index in [0.717, 1.165) is 12.8 Å². The lowest BCUT2D eigenvalue weighted by molar-refractivity contribution is -0.390. The Morgan fingerprint density at radius 2 is 1.11 bits per heavy atom. The number of fused-ring (bicyclic) bond motifs is 7. The summed E-state index contributed by atoms with van der Waals surface area (Å²) in [5.74, 6) is -0.790. The van der Waals surface area contributed by atoms with Gasteiger partial charge in [0.25, 0.3) is 0 Å². The minimum Gasteiger partial charge on any atom is -0.432 e. The number of aliphatic hydroxyl groups is 14. The largest absolute Gasteiger partial charge is 0.432 e. The van der Waals surface area contributed by atoms with E-state index in [1.165, 1.54) is 5.57 Å². The van der Waals surface area contributed by atoms with Crippen molar-refractivity contribution in [2.45, 2.75) is 229 Å². The van der Waals surface area contributed by atoms with Crippen LogP contribution in [-0.4, -0.2) is 233 Å². The molecule has 0 spiro atoms. The monoisotopic (exact) mass is 1090 g/mol. The zero-order valence-corrected chi connectivity index (χ0v) is 44.4. The minimum atomic E-state index is -1.91. The SMILES string of the molecule is CC1(C)CC[C@]2(C(=O)O[C@@H]3O[C@H](CO)[C@@H](O)[C@H](O)[C@H]3O)CC[C@]3(C)C(=CC[C@@H]4[C@@]5(C)CC[C@H](O[C@@H]6OC[C@H](O)[C@H](O[C@@H]7O[C@H](CO)[C@@H](O)[C@H](O)[C@H]7O)[C@H]6O[C@@H]6O[C@H](CO)[C@@H](O)[C@H](O)[C@H]6O)[C@@](C)(CO)[C@@H]5CC[C@]43C)[C@@H]2C1. The van der Waals surface area contributed by atoms with Gasteiger partial charge in [-0.3, -0.25) is 4.79 Å². The van der Waals surface area contributed by atoms with E-state index in [2.05, 4.69) is 40.7 Å². The highest BCUT2D eigenvalue weighted by Gasteiger charge is 2.71. The molecule has 0 amide bonds. The van der Waals surface area contributed by atoms with Crippen LogP contribution in [0.25, 0.3) is 0 Å². The molecular formula is C53H86O23. The highest BCUT2D eigenvalue weighted by Crippen LogP contribution is 2.76. The average molecular weight is 1090 g/mol. The molecule has 23 heteroatoms. The fraction of sp³-hybridized carbons (Fsp3) is 0.943. The van der Waals surface area contributed by atoms with Crippen molar-refractivity contribution in [2.75, 3.05) is 33.0 Å². The Hall–Kier alpha value is -1.63. The lowest BCUT2D eigenvalue weighted by Gasteiger charge is -2.71. The quantitative estimate of drug-likeness (QED) is 0.0549. The Morgan fingerprint density at radius 1 is 0.579 bits per heavy atom. The van der Waals surface area contributed by atoms with Crippen LogP contribution in [0.2, 0.25) is 0 Å². The van der Waals surface area contributed by atoms with E-state index in [0.29, 0.717) is 51.4 Å². The van der Waals surface area contributed by atoms with Crippen molar-refractivity contribution in [1.82, 2.24) is 0 Å². The standard InChI is InChI=1S/C53H86O23/c1-48(2)13-15-53(47(68)76-45-40(67)37(64)34(61)28(20-56)72-45)16-14-51(5)23(24(53)17-48)7-8-30-49(3)11-10-31(50(4,22-57)29(49)9-12-52(30,51)6)73-46-42(75-44-39(66)36(63)33(60)27(19-55)71-44)41(25(58)21-69-46)74-43-38(65)35(62)32(59)26(18-54)70-43/h7,24-46,54-67H,8-22H2,1-6H3/t24-,25-,26+,27+,28+,29+,30+,31-,32+,33+,34+,35-,36-,37-,38+,39+,40+,41-,42+,43-,44-,45-,46-,49-,50-,51+,52+,53-/m0/s1. The summed E-state index contributed by atoms with van der Waals surface area (Å²) in [4.78, 5) is 14.8. The van der Waals surface area contributed by atoms with Crippen molar-refractivity contribution in [3.05, 3.63) is 11.6 Å². The van der Waals surface area contributed by atoms with Gasteiger partial charge in [-0.15, -0.1) is 0 Å². The molecule has 436 valence electrons. The molecule has 0 aromatic heterocycles. The van der Waals surface area contributed by atoms with Crippen molar-refractivity contribution in [2.24, 2.45) is 50.2 Å². The van der Waals surface area contributed by atoms with Gasteiger partial charge in [0.2, 0.25) is 6.29 Å². The molecule has 4 saturated carbocycles. The first kappa shape index (κ1) is 59.0. The van der Waals surface area contributed by atoms with Gasteiger partial charge in [0.15, 0.2) is 18.9 Å². The molecular weight excluding hydrogens is 1000 g/mol. The van der Waals surface area contributed by atoms with Crippen LogP contribution in [0.15, 0.2) is 11.6 Å². The molecule has 8 fully saturated rings. The molecule has 0 aromatic rings. The zero-order valence-electron chi connectivity index (χ0n) is 44.4. The molecule has 9 aliphatic rings. The van der Waals surface area contributed by atoms with Gasteiger partial charge in [-0.05, 0) is 104 Å². The maximum Gasteiger partial charge on any atom is 0.315 e. The summed E-state index contributed by atoms with van der Waals surface area (Å²) in [6, 6.07) is 0. The van der Waals surface area contributed by atoms with Crippen molar-refractivity contribution < 1.29 is 114 Å². The lowest BCUT2D eigenvalue weighted by atomic mass is 9.33. The Kier molecular flexibility index (Phi) is 16.8. The summed E-state index contributed by atoms with van der Waals surface area (Å²) in [6.07, 6.45) is -23.5. The number of aliphatic hydroxyl groups excluding tert-OH is 14. The number of hydrogen-bond donors (Lipinski definition) is 14. The minimum absolute atomic E-state index is 0.101. The highest BCUT2D eigenvalue weighted by atomic mass is 16.8. The number of hydrogen-bond acceptors (Lipinski definition) is 23. The molecule has 0 unspecified atom stereocenters. The van der Waals surface area contributed by atoms with Crippen LogP contribution in [0.5, 0.6) is 0 Å². The molecule has 5 aliphatic carbocycles. The van der Waals surface area contributed by atoms with Crippen molar-refractivity contribution in [3.8, 4) is 0 Å². The van der Waals surface area contributed by atoms with Gasteiger partial charge >= 0.3 is 5.97 Å². The molecule has 0 radical (unpaired) electrons. The molecule has 76 heavy (non-hydrogen) atoms. The first-order valence-electron chi connectivity index (χ1n) is 27.4. The van der Waals surface area contributed by atoms with E-state index in [-0.39, 0.29) is 46.0 Å². The second-order valence-corrected chi connectivity index (χ2v) is 25.7. The van der Waals surface area contributed by atoms with Crippen LogP contribution >= 0.6 is 0 Å². The van der Waals surface area contributed by atoms with Crippen molar-refractivity contribution >= 4 is 5.97 Å². The van der Waals surface area contributed by atoms with E-state index in [4.69, 9.17) is 37.9 Å². The number of ether oxygens (including phenoxy) is 8. The van der Waals surface area contributed by atoms with E-state index < -0.39 is 166 Å². The van der Waals surface area contributed by atoms with Gasteiger partial charge in [0, 0.05) is 5.41 Å². The second kappa shape index (κ2) is 21.6.